The van der Waals surface area contributed by atoms with E-state index in [9.17, 15) is 0 Å². The van der Waals surface area contributed by atoms with Gasteiger partial charge in [0.15, 0.2) is 5.16 Å². The number of nitrogen functional groups attached to an aromatic ring is 1. The minimum atomic E-state index is 0.218. The van der Waals surface area contributed by atoms with Crippen molar-refractivity contribution in [2.24, 2.45) is 0 Å². The molecule has 0 radical (unpaired) electrons. The summed E-state index contributed by atoms with van der Waals surface area (Å²) >= 11 is 1.51. The van der Waals surface area contributed by atoms with Crippen LogP contribution in [0.5, 0.6) is 5.75 Å². The first-order valence-electron chi connectivity index (χ1n) is 7.48. The standard InChI is InChI=1S/C15H19N7OS/c1-4-23-9-5-6-10-11(7-9)18-15(17-10)24-8-12-19-13(16)21-14(20-12)22(2)3/h5-7H,4,8H2,1-3H3,(H,17,18)(H2,16,19,20,21). The Morgan fingerprint density at radius 3 is 2.79 bits per heavy atom. The van der Waals surface area contributed by atoms with Gasteiger partial charge in [-0.05, 0) is 19.1 Å². The molecule has 2 heterocycles. The van der Waals surface area contributed by atoms with E-state index in [1.807, 2.05) is 39.2 Å². The Bertz CT molecular complexity index is 849. The Morgan fingerprint density at radius 1 is 1.21 bits per heavy atom. The Balaban J connectivity index is 1.76. The first-order chi connectivity index (χ1) is 11.5. The highest BCUT2D eigenvalue weighted by atomic mass is 32.2. The second kappa shape index (κ2) is 6.91. The average Bonchev–Trinajstić information content (AvgIpc) is 2.95. The van der Waals surface area contributed by atoms with Crippen molar-refractivity contribution in [2.75, 3.05) is 31.3 Å². The van der Waals surface area contributed by atoms with E-state index >= 15 is 0 Å². The van der Waals surface area contributed by atoms with Gasteiger partial charge >= 0.3 is 0 Å². The lowest BCUT2D eigenvalue weighted by Gasteiger charge is -2.10. The maximum atomic E-state index is 5.74. The number of nitrogens with two attached hydrogens (primary N) is 1. The van der Waals surface area contributed by atoms with Gasteiger partial charge in [-0.1, -0.05) is 11.8 Å². The Labute approximate surface area is 143 Å². The number of thioether (sulfide) groups is 1. The molecule has 24 heavy (non-hydrogen) atoms. The predicted octanol–water partition coefficient (Wildman–Crippen LogP) is 2.09. The molecule has 0 fully saturated rings. The predicted molar refractivity (Wildman–Crippen MR) is 95.4 cm³/mol. The van der Waals surface area contributed by atoms with Gasteiger partial charge in [0.1, 0.15) is 11.6 Å². The van der Waals surface area contributed by atoms with E-state index in [4.69, 9.17) is 10.5 Å². The van der Waals surface area contributed by atoms with Crippen molar-refractivity contribution in [3.63, 3.8) is 0 Å². The fraction of sp³-hybridized carbons (Fsp3) is 0.333. The highest BCUT2D eigenvalue weighted by Crippen LogP contribution is 2.25. The van der Waals surface area contributed by atoms with E-state index in [1.165, 1.54) is 11.8 Å². The minimum Gasteiger partial charge on any atom is -0.494 e. The molecule has 1 aromatic carbocycles. The number of aromatic amines is 1. The number of nitrogens with one attached hydrogen (secondary N) is 1. The quantitative estimate of drug-likeness (QED) is 0.654. The maximum absolute atomic E-state index is 5.74. The van der Waals surface area contributed by atoms with E-state index in [-0.39, 0.29) is 5.95 Å². The summed E-state index contributed by atoms with van der Waals surface area (Å²) in [4.78, 5) is 22.3. The molecular formula is C15H19N7OS. The van der Waals surface area contributed by atoms with Crippen LogP contribution in [0, 0.1) is 0 Å². The summed E-state index contributed by atoms with van der Waals surface area (Å²) in [5.41, 5.74) is 7.57. The van der Waals surface area contributed by atoms with E-state index in [1.54, 1.807) is 4.90 Å². The molecule has 0 aliphatic rings. The summed E-state index contributed by atoms with van der Waals surface area (Å²) in [5, 5.41) is 0.795. The lowest BCUT2D eigenvalue weighted by molar-refractivity contribution is 0.340. The number of aromatic nitrogens is 5. The van der Waals surface area contributed by atoms with Crippen LogP contribution < -0.4 is 15.4 Å². The summed E-state index contributed by atoms with van der Waals surface area (Å²) < 4.78 is 5.50. The van der Waals surface area contributed by atoms with Gasteiger partial charge in [0.25, 0.3) is 0 Å². The normalized spacial score (nSPS) is 11.0. The van der Waals surface area contributed by atoms with Crippen molar-refractivity contribution in [1.29, 1.82) is 0 Å². The summed E-state index contributed by atoms with van der Waals surface area (Å²) in [6.45, 7) is 2.59. The highest BCUT2D eigenvalue weighted by Gasteiger charge is 2.09. The van der Waals surface area contributed by atoms with Crippen molar-refractivity contribution < 1.29 is 4.74 Å². The number of hydrogen-bond acceptors (Lipinski definition) is 8. The molecule has 0 saturated carbocycles. The molecule has 8 nitrogen and oxygen atoms in total. The van der Waals surface area contributed by atoms with Crippen LogP contribution in [-0.4, -0.2) is 45.6 Å². The first kappa shape index (κ1) is 16.3. The van der Waals surface area contributed by atoms with Crippen LogP contribution in [0.15, 0.2) is 23.4 Å². The van der Waals surface area contributed by atoms with Crippen LogP contribution in [-0.2, 0) is 5.75 Å². The number of H-pyrrole nitrogens is 1. The van der Waals surface area contributed by atoms with Crippen molar-refractivity contribution in [1.82, 2.24) is 24.9 Å². The number of ether oxygens (including phenoxy) is 1. The van der Waals surface area contributed by atoms with Gasteiger partial charge in [0.2, 0.25) is 11.9 Å². The molecule has 0 aliphatic heterocycles. The zero-order valence-corrected chi connectivity index (χ0v) is 14.6. The van der Waals surface area contributed by atoms with Gasteiger partial charge in [-0.2, -0.15) is 15.0 Å². The van der Waals surface area contributed by atoms with Crippen LogP contribution in [0.2, 0.25) is 0 Å². The first-order valence-corrected chi connectivity index (χ1v) is 8.47. The Morgan fingerprint density at radius 2 is 2.04 bits per heavy atom. The van der Waals surface area contributed by atoms with Crippen LogP contribution >= 0.6 is 11.8 Å². The number of rotatable bonds is 6. The van der Waals surface area contributed by atoms with Gasteiger partial charge in [-0.25, -0.2) is 4.98 Å². The van der Waals surface area contributed by atoms with Gasteiger partial charge in [0, 0.05) is 20.2 Å². The fourth-order valence-corrected chi connectivity index (χ4v) is 2.85. The van der Waals surface area contributed by atoms with Crippen molar-refractivity contribution in [3.8, 4) is 5.75 Å². The van der Waals surface area contributed by atoms with Crippen LogP contribution in [0.1, 0.15) is 12.7 Å². The molecule has 3 rings (SSSR count). The fourth-order valence-electron chi connectivity index (χ4n) is 2.11. The molecule has 0 unspecified atom stereocenters. The second-order valence-electron chi connectivity index (χ2n) is 5.25. The number of fused-ring (bicyclic) bond motifs is 1. The number of imidazole rings is 1. The third-order valence-electron chi connectivity index (χ3n) is 3.17. The lowest BCUT2D eigenvalue weighted by Crippen LogP contribution is -2.15. The third-order valence-corrected chi connectivity index (χ3v) is 4.04. The number of anilines is 2. The van der Waals surface area contributed by atoms with Gasteiger partial charge < -0.3 is 20.4 Å². The van der Waals surface area contributed by atoms with Gasteiger partial charge in [-0.3, -0.25) is 0 Å². The number of benzene rings is 1. The van der Waals surface area contributed by atoms with Crippen molar-refractivity contribution in [2.45, 2.75) is 17.8 Å². The SMILES string of the molecule is CCOc1ccc2nc(SCc3nc(N)nc(N(C)C)n3)[nH]c2c1. The molecule has 3 aromatic rings. The molecule has 0 saturated heterocycles. The minimum absolute atomic E-state index is 0.218. The summed E-state index contributed by atoms with van der Waals surface area (Å²) in [5.74, 6) is 2.75. The molecule has 0 atom stereocenters. The molecular weight excluding hydrogens is 326 g/mol. The summed E-state index contributed by atoms with van der Waals surface area (Å²) in [7, 11) is 3.72. The number of nitrogens with zero attached hydrogens (tertiary/aromatic N) is 5. The monoisotopic (exact) mass is 345 g/mol. The maximum Gasteiger partial charge on any atom is 0.229 e. The van der Waals surface area contributed by atoms with Crippen LogP contribution in [0.4, 0.5) is 11.9 Å². The van der Waals surface area contributed by atoms with Crippen molar-refractivity contribution in [3.05, 3.63) is 24.0 Å². The van der Waals surface area contributed by atoms with Crippen molar-refractivity contribution >= 4 is 34.7 Å². The molecule has 2 aromatic heterocycles. The number of hydrogen-bond donors (Lipinski definition) is 2. The molecule has 0 aliphatic carbocycles. The smallest absolute Gasteiger partial charge is 0.229 e. The second-order valence-corrected chi connectivity index (χ2v) is 6.21. The lowest BCUT2D eigenvalue weighted by atomic mass is 10.3. The molecule has 126 valence electrons. The molecule has 0 bridgehead atoms. The topological polar surface area (TPSA) is 106 Å². The molecule has 0 amide bonds. The summed E-state index contributed by atoms with van der Waals surface area (Å²) in [6.07, 6.45) is 0. The van der Waals surface area contributed by atoms with E-state index in [0.29, 0.717) is 24.1 Å². The van der Waals surface area contributed by atoms with Gasteiger partial charge in [-0.15, -0.1) is 0 Å². The molecule has 0 spiro atoms. The molecule has 9 heteroatoms. The van der Waals surface area contributed by atoms with Gasteiger partial charge in [0.05, 0.1) is 23.4 Å². The highest BCUT2D eigenvalue weighted by molar-refractivity contribution is 7.98. The van der Waals surface area contributed by atoms with E-state index in [0.717, 1.165) is 21.9 Å². The van der Waals surface area contributed by atoms with Crippen LogP contribution in [0.25, 0.3) is 11.0 Å². The zero-order valence-electron chi connectivity index (χ0n) is 13.8. The van der Waals surface area contributed by atoms with E-state index < -0.39 is 0 Å². The zero-order chi connectivity index (χ0) is 17.1. The van der Waals surface area contributed by atoms with E-state index in [2.05, 4.69) is 24.9 Å². The van der Waals surface area contributed by atoms with Crippen LogP contribution in [0.3, 0.4) is 0 Å². The third kappa shape index (κ3) is 3.67. The Kier molecular flexibility index (Phi) is 4.70. The largest absolute Gasteiger partial charge is 0.494 e. The average molecular weight is 345 g/mol. The summed E-state index contributed by atoms with van der Waals surface area (Å²) in [6, 6.07) is 5.80. The molecule has 3 N–H and O–H groups in total. The Hall–Kier alpha value is -2.55.